The van der Waals surface area contributed by atoms with Crippen molar-refractivity contribution in [1.82, 2.24) is 15.1 Å². The minimum atomic E-state index is -0.324. The number of anilines is 1. The summed E-state index contributed by atoms with van der Waals surface area (Å²) in [6.07, 6.45) is 0. The predicted molar refractivity (Wildman–Crippen MR) is 93.5 cm³/mol. The number of H-pyrrole nitrogens is 2. The van der Waals surface area contributed by atoms with E-state index in [-0.39, 0.29) is 11.6 Å². The molecule has 4 aromatic rings. The van der Waals surface area contributed by atoms with E-state index >= 15 is 0 Å². The van der Waals surface area contributed by atoms with Gasteiger partial charge in [0.05, 0.1) is 11.0 Å². The molecule has 0 bridgehead atoms. The van der Waals surface area contributed by atoms with Gasteiger partial charge in [0, 0.05) is 11.3 Å². The van der Waals surface area contributed by atoms with E-state index in [0.29, 0.717) is 33.7 Å². The highest BCUT2D eigenvalue weighted by Gasteiger charge is 2.21. The molecule has 0 atom stereocenters. The molecule has 0 saturated carbocycles. The molecule has 0 aliphatic rings. The fourth-order valence-corrected chi connectivity index (χ4v) is 2.74. The Bertz CT molecular complexity index is 1120. The lowest BCUT2D eigenvalue weighted by Crippen LogP contribution is -2.13. The van der Waals surface area contributed by atoms with Gasteiger partial charge in [-0.15, -0.1) is 0 Å². The highest BCUT2D eigenvalue weighted by molar-refractivity contribution is 6.09. The second-order valence-electron chi connectivity index (χ2n) is 5.62. The minimum Gasteiger partial charge on any atom is -0.360 e. The fourth-order valence-electron chi connectivity index (χ4n) is 2.74. The van der Waals surface area contributed by atoms with E-state index in [2.05, 4.69) is 20.4 Å². The molecule has 0 unspecified atom stereocenters. The van der Waals surface area contributed by atoms with Crippen LogP contribution in [-0.2, 0) is 0 Å². The van der Waals surface area contributed by atoms with Crippen LogP contribution in [-0.4, -0.2) is 21.0 Å². The van der Waals surface area contributed by atoms with Crippen LogP contribution < -0.4 is 11.0 Å². The Morgan fingerprint density at radius 3 is 2.64 bits per heavy atom. The molecule has 1 amide bonds. The fraction of sp³-hybridized carbons (Fsp3) is 0.0556. The summed E-state index contributed by atoms with van der Waals surface area (Å²) < 4.78 is 5.22. The lowest BCUT2D eigenvalue weighted by molar-refractivity contribution is 0.102. The molecule has 2 aromatic heterocycles. The molecule has 0 aliphatic carbocycles. The number of aryl methyl sites for hydroxylation is 1. The normalized spacial score (nSPS) is 10.9. The van der Waals surface area contributed by atoms with E-state index in [1.807, 2.05) is 30.3 Å². The van der Waals surface area contributed by atoms with Crippen LogP contribution in [0, 0.1) is 6.92 Å². The smallest absolute Gasteiger partial charge is 0.323 e. The molecule has 25 heavy (non-hydrogen) atoms. The SMILES string of the molecule is Cc1onc(-c2ccccc2)c1C(=O)Nc1ccc2[nH]c(=O)[nH]c2c1. The number of aromatic amines is 2. The molecule has 3 N–H and O–H groups in total. The van der Waals surface area contributed by atoms with E-state index in [4.69, 9.17) is 4.52 Å². The monoisotopic (exact) mass is 334 g/mol. The molecule has 4 rings (SSSR count). The third-order valence-corrected chi connectivity index (χ3v) is 3.91. The molecule has 2 heterocycles. The van der Waals surface area contributed by atoms with E-state index in [0.717, 1.165) is 5.56 Å². The predicted octanol–water partition coefficient (Wildman–Crippen LogP) is 3.07. The molecular weight excluding hydrogens is 320 g/mol. The van der Waals surface area contributed by atoms with Gasteiger partial charge in [-0.05, 0) is 25.1 Å². The molecule has 0 saturated heterocycles. The summed E-state index contributed by atoms with van der Waals surface area (Å²) in [7, 11) is 0. The zero-order chi connectivity index (χ0) is 17.4. The van der Waals surface area contributed by atoms with Crippen molar-refractivity contribution in [3.05, 3.63) is 70.3 Å². The quantitative estimate of drug-likeness (QED) is 0.535. The zero-order valence-electron chi connectivity index (χ0n) is 13.3. The van der Waals surface area contributed by atoms with Crippen molar-refractivity contribution in [2.24, 2.45) is 0 Å². The van der Waals surface area contributed by atoms with Crippen LogP contribution in [0.2, 0.25) is 0 Å². The number of hydrogen-bond donors (Lipinski definition) is 3. The summed E-state index contributed by atoms with van der Waals surface area (Å²) in [6, 6.07) is 14.5. The molecular formula is C18H14N4O3. The van der Waals surface area contributed by atoms with Crippen molar-refractivity contribution >= 4 is 22.6 Å². The van der Waals surface area contributed by atoms with E-state index < -0.39 is 0 Å². The van der Waals surface area contributed by atoms with Gasteiger partial charge in [-0.2, -0.15) is 0 Å². The summed E-state index contributed by atoms with van der Waals surface area (Å²) in [5.74, 6) is 0.113. The molecule has 0 fully saturated rings. The lowest BCUT2D eigenvalue weighted by Gasteiger charge is -2.06. The van der Waals surface area contributed by atoms with Crippen LogP contribution in [0.3, 0.4) is 0 Å². The number of rotatable bonds is 3. The van der Waals surface area contributed by atoms with Gasteiger partial charge < -0.3 is 19.8 Å². The van der Waals surface area contributed by atoms with Crippen LogP contribution >= 0.6 is 0 Å². The molecule has 0 spiro atoms. The summed E-state index contributed by atoms with van der Waals surface area (Å²) in [5, 5.41) is 6.84. The minimum absolute atomic E-state index is 0.292. The number of carbonyl (C=O) groups excluding carboxylic acids is 1. The van der Waals surface area contributed by atoms with Gasteiger partial charge in [-0.1, -0.05) is 35.5 Å². The molecule has 7 nitrogen and oxygen atoms in total. The maximum Gasteiger partial charge on any atom is 0.323 e. The second kappa shape index (κ2) is 5.79. The van der Waals surface area contributed by atoms with Crippen LogP contribution in [0.15, 0.2) is 57.8 Å². The Morgan fingerprint density at radius 1 is 1.08 bits per heavy atom. The number of nitrogens with zero attached hydrogens (tertiary/aromatic N) is 1. The number of aromatic nitrogens is 3. The van der Waals surface area contributed by atoms with Crippen LogP contribution in [0.25, 0.3) is 22.3 Å². The summed E-state index contributed by atoms with van der Waals surface area (Å²) in [5.41, 5.74) is 3.24. The molecule has 0 aliphatic heterocycles. The standard InChI is InChI=1S/C18H14N4O3/c1-10-15(16(22-25-10)11-5-3-2-4-6-11)17(23)19-12-7-8-13-14(9-12)21-18(24)20-13/h2-9H,1H3,(H,19,23)(H2,20,21,24). The first kappa shape index (κ1) is 14.9. The number of benzene rings is 2. The van der Waals surface area contributed by atoms with Crippen LogP contribution in [0.4, 0.5) is 5.69 Å². The highest BCUT2D eigenvalue weighted by Crippen LogP contribution is 2.26. The van der Waals surface area contributed by atoms with Gasteiger partial charge in [-0.25, -0.2) is 4.79 Å². The van der Waals surface area contributed by atoms with Crippen molar-refractivity contribution in [3.63, 3.8) is 0 Å². The number of nitrogens with one attached hydrogen (secondary N) is 3. The van der Waals surface area contributed by atoms with Crippen molar-refractivity contribution in [1.29, 1.82) is 0 Å². The maximum atomic E-state index is 12.7. The number of hydrogen-bond acceptors (Lipinski definition) is 4. The third-order valence-electron chi connectivity index (χ3n) is 3.91. The molecule has 7 heteroatoms. The van der Waals surface area contributed by atoms with Crippen molar-refractivity contribution in [2.75, 3.05) is 5.32 Å². The topological polar surface area (TPSA) is 104 Å². The lowest BCUT2D eigenvalue weighted by atomic mass is 10.1. The number of amides is 1. The largest absolute Gasteiger partial charge is 0.360 e. The van der Waals surface area contributed by atoms with Gasteiger partial charge in [-0.3, -0.25) is 4.79 Å². The van der Waals surface area contributed by atoms with Gasteiger partial charge in [0.1, 0.15) is 17.0 Å². The van der Waals surface area contributed by atoms with Gasteiger partial charge in [0.2, 0.25) is 0 Å². The molecule has 124 valence electrons. The highest BCUT2D eigenvalue weighted by atomic mass is 16.5. The van der Waals surface area contributed by atoms with E-state index in [1.54, 1.807) is 25.1 Å². The Morgan fingerprint density at radius 2 is 1.84 bits per heavy atom. The number of carbonyl (C=O) groups is 1. The Hall–Kier alpha value is -3.61. The van der Waals surface area contributed by atoms with Gasteiger partial charge in [0.25, 0.3) is 5.91 Å². The van der Waals surface area contributed by atoms with Crippen LogP contribution in [0.1, 0.15) is 16.1 Å². The third kappa shape index (κ3) is 2.72. The summed E-state index contributed by atoms with van der Waals surface area (Å²) in [4.78, 5) is 29.4. The Kier molecular flexibility index (Phi) is 3.46. The molecule has 0 radical (unpaired) electrons. The van der Waals surface area contributed by atoms with E-state index in [9.17, 15) is 9.59 Å². The zero-order valence-corrected chi connectivity index (χ0v) is 13.3. The second-order valence-corrected chi connectivity index (χ2v) is 5.62. The summed E-state index contributed by atoms with van der Waals surface area (Å²) in [6.45, 7) is 1.70. The van der Waals surface area contributed by atoms with Crippen LogP contribution in [0.5, 0.6) is 0 Å². The van der Waals surface area contributed by atoms with Gasteiger partial charge in [0.15, 0.2) is 0 Å². The Balaban J connectivity index is 1.69. The first-order valence-corrected chi connectivity index (χ1v) is 7.67. The first-order valence-electron chi connectivity index (χ1n) is 7.67. The van der Waals surface area contributed by atoms with Crippen molar-refractivity contribution < 1.29 is 9.32 Å². The number of imidazole rings is 1. The van der Waals surface area contributed by atoms with Crippen molar-refractivity contribution in [2.45, 2.75) is 6.92 Å². The van der Waals surface area contributed by atoms with E-state index in [1.165, 1.54) is 0 Å². The average molecular weight is 334 g/mol. The number of fused-ring (bicyclic) bond motifs is 1. The Labute approximate surface area is 141 Å². The van der Waals surface area contributed by atoms with Crippen molar-refractivity contribution in [3.8, 4) is 11.3 Å². The van der Waals surface area contributed by atoms with Gasteiger partial charge >= 0.3 is 5.69 Å². The maximum absolute atomic E-state index is 12.7. The summed E-state index contributed by atoms with van der Waals surface area (Å²) >= 11 is 0. The first-order chi connectivity index (χ1) is 12.1. The molecule has 2 aromatic carbocycles. The average Bonchev–Trinajstić information content (AvgIpc) is 3.17.